The van der Waals surface area contributed by atoms with Gasteiger partial charge < -0.3 is 5.11 Å². The first-order valence-electron chi connectivity index (χ1n) is 8.03. The molecule has 0 aliphatic rings. The molecule has 0 aliphatic heterocycles. The number of aliphatic imine (C=N–C) groups is 1. The van der Waals surface area contributed by atoms with Gasteiger partial charge in [-0.05, 0) is 36.5 Å². The number of nitrogens with zero attached hydrogens (tertiary/aromatic N) is 1. The zero-order valence-corrected chi connectivity index (χ0v) is 19.3. The van der Waals surface area contributed by atoms with Gasteiger partial charge in [0, 0.05) is 11.8 Å². The number of benzene rings is 2. The molecule has 0 aliphatic carbocycles. The van der Waals surface area contributed by atoms with E-state index in [-0.39, 0.29) is 11.0 Å². The summed E-state index contributed by atoms with van der Waals surface area (Å²) in [5.74, 6) is 0.322. The fourth-order valence-corrected chi connectivity index (χ4v) is 2.42. The third-order valence-corrected chi connectivity index (χ3v) is 3.88. The molecule has 0 aromatic heterocycles. The standard InChI is InChI=1S/C20H25NO.2ClH.Zr/c1-19(2,3)17-13-9-10-15(18(17)22)14-21-20(4,5)16-11-7-6-8-12-16;;;/h6-14,22H,1-5H3;2*1H;/q;;;+2/p-2. The molecule has 2 aromatic rings. The van der Waals surface area contributed by atoms with Gasteiger partial charge in [0.1, 0.15) is 5.75 Å². The first-order chi connectivity index (χ1) is 11.6. The maximum atomic E-state index is 10.5. The van der Waals surface area contributed by atoms with E-state index >= 15 is 0 Å². The molecule has 0 bridgehead atoms. The third kappa shape index (κ3) is 6.89. The van der Waals surface area contributed by atoms with Crippen LogP contribution in [0, 0.1) is 0 Å². The molecular formula is C20H25Cl2NOZr. The molecular weight excluding hydrogens is 432 g/mol. The second-order valence-electron chi connectivity index (χ2n) is 7.25. The molecule has 5 heteroatoms. The molecule has 134 valence electrons. The van der Waals surface area contributed by atoms with E-state index in [0.29, 0.717) is 5.75 Å². The average molecular weight is 458 g/mol. The first kappa shape index (κ1) is 22.4. The van der Waals surface area contributed by atoms with Crippen molar-refractivity contribution in [1.29, 1.82) is 0 Å². The molecule has 2 aromatic carbocycles. The van der Waals surface area contributed by atoms with E-state index in [1.807, 2.05) is 36.4 Å². The molecule has 25 heavy (non-hydrogen) atoms. The quantitative estimate of drug-likeness (QED) is 0.530. The predicted molar refractivity (Wildman–Crippen MR) is 106 cm³/mol. The number of hydrogen-bond acceptors (Lipinski definition) is 2. The Kier molecular flexibility index (Phi) is 8.88. The third-order valence-electron chi connectivity index (χ3n) is 3.88. The van der Waals surface area contributed by atoms with Crippen molar-refractivity contribution in [2.75, 3.05) is 0 Å². The zero-order valence-electron chi connectivity index (χ0n) is 15.3. The summed E-state index contributed by atoms with van der Waals surface area (Å²) < 4.78 is 0. The normalized spacial score (nSPS) is 11.8. The monoisotopic (exact) mass is 455 g/mol. The van der Waals surface area contributed by atoms with Crippen LogP contribution in [0.15, 0.2) is 53.5 Å². The number of phenolic OH excluding ortho intramolecular Hbond substituents is 1. The average Bonchev–Trinajstić information content (AvgIpc) is 2.54. The van der Waals surface area contributed by atoms with E-state index in [2.05, 4.69) is 46.8 Å². The van der Waals surface area contributed by atoms with Gasteiger partial charge in [0.2, 0.25) is 0 Å². The molecule has 2 nitrogen and oxygen atoms in total. The van der Waals surface area contributed by atoms with Gasteiger partial charge in [0.05, 0.1) is 5.54 Å². The fourth-order valence-electron chi connectivity index (χ4n) is 2.42. The first-order valence-corrected chi connectivity index (χ1v) is 14.4. The molecule has 0 atom stereocenters. The summed E-state index contributed by atoms with van der Waals surface area (Å²) in [6.07, 6.45) is 1.78. The number of halogens is 2. The molecule has 0 heterocycles. The van der Waals surface area contributed by atoms with Gasteiger partial charge >= 0.3 is 37.9 Å². The molecule has 0 saturated carbocycles. The van der Waals surface area contributed by atoms with Crippen LogP contribution < -0.4 is 0 Å². The fraction of sp³-hybridized carbons (Fsp3) is 0.350. The molecule has 0 radical (unpaired) electrons. The van der Waals surface area contributed by atoms with Gasteiger partial charge in [-0.25, -0.2) is 0 Å². The van der Waals surface area contributed by atoms with Crippen LogP contribution in [-0.4, -0.2) is 11.3 Å². The van der Waals surface area contributed by atoms with Crippen LogP contribution in [0.4, 0.5) is 0 Å². The Morgan fingerprint density at radius 1 is 0.920 bits per heavy atom. The van der Waals surface area contributed by atoms with Crippen LogP contribution in [0.1, 0.15) is 51.3 Å². The minimum atomic E-state index is -0.826. The topological polar surface area (TPSA) is 32.6 Å². The molecule has 0 amide bonds. The van der Waals surface area contributed by atoms with Crippen molar-refractivity contribution in [3.63, 3.8) is 0 Å². The molecule has 0 unspecified atom stereocenters. The van der Waals surface area contributed by atoms with Crippen LogP contribution in [0.25, 0.3) is 0 Å². The second-order valence-corrected chi connectivity index (χ2v) is 11.0. The van der Waals surface area contributed by atoms with E-state index in [9.17, 15) is 5.11 Å². The molecule has 0 saturated heterocycles. The van der Waals surface area contributed by atoms with Crippen molar-refractivity contribution in [1.82, 2.24) is 0 Å². The Balaban J connectivity index is 0.000000970. The molecule has 2 rings (SSSR count). The molecule has 0 spiro atoms. The van der Waals surface area contributed by atoms with Crippen molar-refractivity contribution < 1.29 is 26.0 Å². The Bertz CT molecular complexity index is 695. The van der Waals surface area contributed by atoms with Crippen molar-refractivity contribution in [3.8, 4) is 5.75 Å². The SMILES string of the molecule is CC(C)(C)c1cccc(C=NC(C)(C)c2ccccc2)c1O.[Cl][Zr][Cl]. The van der Waals surface area contributed by atoms with Crippen LogP contribution in [0.5, 0.6) is 5.75 Å². The van der Waals surface area contributed by atoms with Crippen molar-refractivity contribution in [2.45, 2.75) is 45.6 Å². The van der Waals surface area contributed by atoms with Crippen LogP contribution in [0.3, 0.4) is 0 Å². The number of hydrogen-bond donors (Lipinski definition) is 1. The van der Waals surface area contributed by atoms with E-state index in [4.69, 9.17) is 22.0 Å². The Morgan fingerprint density at radius 2 is 1.48 bits per heavy atom. The van der Waals surface area contributed by atoms with Gasteiger partial charge in [0.25, 0.3) is 0 Å². The van der Waals surface area contributed by atoms with E-state index in [1.54, 1.807) is 6.21 Å². The van der Waals surface area contributed by atoms with E-state index < -0.39 is 20.8 Å². The van der Waals surface area contributed by atoms with Crippen LogP contribution >= 0.6 is 17.0 Å². The summed E-state index contributed by atoms with van der Waals surface area (Å²) >= 11 is -0.826. The Labute approximate surface area is 170 Å². The van der Waals surface area contributed by atoms with Crippen LogP contribution in [-0.2, 0) is 31.8 Å². The van der Waals surface area contributed by atoms with Gasteiger partial charge in [-0.15, -0.1) is 0 Å². The summed E-state index contributed by atoms with van der Waals surface area (Å²) in [7, 11) is 9.87. The van der Waals surface area contributed by atoms with E-state index in [1.165, 1.54) is 0 Å². The maximum absolute atomic E-state index is 10.5. The zero-order chi connectivity index (χ0) is 19.1. The van der Waals surface area contributed by atoms with Gasteiger partial charge in [-0.3, -0.25) is 4.99 Å². The van der Waals surface area contributed by atoms with Crippen molar-refractivity contribution >= 4 is 23.2 Å². The summed E-state index contributed by atoms with van der Waals surface area (Å²) in [6, 6.07) is 16.0. The number of rotatable bonds is 3. The van der Waals surface area contributed by atoms with Crippen LogP contribution in [0.2, 0.25) is 0 Å². The van der Waals surface area contributed by atoms with Crippen molar-refractivity contribution in [2.24, 2.45) is 4.99 Å². The minimum absolute atomic E-state index is 0.0944. The second kappa shape index (κ2) is 9.90. The number of aromatic hydroxyl groups is 1. The number of phenols is 1. The van der Waals surface area contributed by atoms with Gasteiger partial charge in [-0.2, -0.15) is 0 Å². The Morgan fingerprint density at radius 3 is 2.00 bits per heavy atom. The molecule has 1 N–H and O–H groups in total. The van der Waals surface area contributed by atoms with E-state index in [0.717, 1.165) is 16.7 Å². The summed E-state index contributed by atoms with van der Waals surface area (Å²) in [6.45, 7) is 10.4. The summed E-state index contributed by atoms with van der Waals surface area (Å²) in [4.78, 5) is 4.70. The van der Waals surface area contributed by atoms with Gasteiger partial charge in [-0.1, -0.05) is 63.2 Å². The van der Waals surface area contributed by atoms with Crippen molar-refractivity contribution in [3.05, 3.63) is 65.2 Å². The number of para-hydroxylation sites is 1. The van der Waals surface area contributed by atoms with Gasteiger partial charge in [0.15, 0.2) is 0 Å². The summed E-state index contributed by atoms with van der Waals surface area (Å²) in [5.41, 5.74) is 2.43. The summed E-state index contributed by atoms with van der Waals surface area (Å²) in [5, 5.41) is 10.5. The Hall–Kier alpha value is -0.627. The molecule has 0 fully saturated rings. The predicted octanol–water partition coefficient (Wildman–Crippen LogP) is 6.42.